The quantitative estimate of drug-likeness (QED) is 0.374. The molecule has 2 aliphatic rings. The van der Waals surface area contributed by atoms with Gasteiger partial charge in [-0.2, -0.15) is 0 Å². The highest BCUT2D eigenvalue weighted by Gasteiger charge is 2.28. The minimum Gasteiger partial charge on any atom is -0.490 e. The third-order valence-electron chi connectivity index (χ3n) is 6.23. The molecule has 0 radical (unpaired) electrons. The number of carbonyl (C=O) groups excluding carboxylic acids is 1. The first kappa shape index (κ1) is 23.3. The van der Waals surface area contributed by atoms with Gasteiger partial charge in [0.05, 0.1) is 18.2 Å². The number of unbranched alkanes of at least 4 members (excludes halogenated alkanes) is 3. The molecule has 1 aromatic rings. The Morgan fingerprint density at radius 3 is 2.71 bits per heavy atom. The van der Waals surface area contributed by atoms with Crippen molar-refractivity contribution in [1.82, 2.24) is 4.90 Å². The van der Waals surface area contributed by atoms with Crippen molar-refractivity contribution in [2.75, 3.05) is 6.54 Å². The zero-order chi connectivity index (χ0) is 22.1. The number of hydrogen-bond acceptors (Lipinski definition) is 4. The number of aliphatic hydroxyl groups is 1. The molecule has 1 saturated carbocycles. The molecule has 31 heavy (non-hydrogen) atoms. The van der Waals surface area contributed by atoms with Gasteiger partial charge in [-0.1, -0.05) is 37.1 Å². The van der Waals surface area contributed by atoms with Crippen molar-refractivity contribution in [2.45, 2.75) is 88.9 Å². The van der Waals surface area contributed by atoms with Crippen LogP contribution >= 0.6 is 0 Å². The Morgan fingerprint density at radius 1 is 1.16 bits per heavy atom. The molecule has 0 spiro atoms. The van der Waals surface area contributed by atoms with E-state index in [1.807, 2.05) is 35.2 Å². The van der Waals surface area contributed by atoms with Crippen LogP contribution in [0.15, 0.2) is 36.4 Å². The molecule has 170 valence electrons. The number of ether oxygens (including phenoxy) is 1. The second-order valence-corrected chi connectivity index (χ2v) is 8.68. The summed E-state index contributed by atoms with van der Waals surface area (Å²) >= 11 is 0. The zero-order valence-electron chi connectivity index (χ0n) is 18.2. The van der Waals surface area contributed by atoms with E-state index in [2.05, 4.69) is 0 Å². The molecule has 2 atom stereocenters. The van der Waals surface area contributed by atoms with Crippen LogP contribution in [-0.2, 0) is 9.59 Å². The van der Waals surface area contributed by atoms with E-state index >= 15 is 0 Å². The van der Waals surface area contributed by atoms with E-state index in [0.717, 1.165) is 49.8 Å². The first-order valence-corrected chi connectivity index (χ1v) is 11.7. The first-order valence-electron chi connectivity index (χ1n) is 11.7. The number of benzene rings is 1. The molecule has 1 saturated heterocycles. The van der Waals surface area contributed by atoms with Gasteiger partial charge >= 0.3 is 5.97 Å². The Bertz CT molecular complexity index is 756. The lowest BCUT2D eigenvalue weighted by Gasteiger charge is -2.22. The van der Waals surface area contributed by atoms with Gasteiger partial charge in [-0.15, -0.1) is 0 Å². The number of carbonyl (C=O) groups is 2. The van der Waals surface area contributed by atoms with Crippen LogP contribution in [0.25, 0.3) is 0 Å². The Hall–Kier alpha value is -2.34. The number of aliphatic carboxylic acids is 1. The summed E-state index contributed by atoms with van der Waals surface area (Å²) in [4.78, 5) is 24.7. The molecule has 6 heteroatoms. The summed E-state index contributed by atoms with van der Waals surface area (Å²) in [6.07, 6.45) is 12.8. The van der Waals surface area contributed by atoms with Gasteiger partial charge in [0, 0.05) is 19.4 Å². The summed E-state index contributed by atoms with van der Waals surface area (Å²) in [6.45, 7) is 0.682. The fourth-order valence-corrected chi connectivity index (χ4v) is 4.47. The lowest BCUT2D eigenvalue weighted by atomic mass is 10.1. The number of rotatable bonds is 12. The summed E-state index contributed by atoms with van der Waals surface area (Å²) in [5.41, 5.74) is 0.793. The highest BCUT2D eigenvalue weighted by Crippen LogP contribution is 2.27. The van der Waals surface area contributed by atoms with Crippen LogP contribution in [0.4, 0.5) is 0 Å². The van der Waals surface area contributed by atoms with Crippen molar-refractivity contribution < 1.29 is 24.5 Å². The number of nitrogens with zero attached hydrogens (tertiary/aromatic N) is 1. The third kappa shape index (κ3) is 7.39. The summed E-state index contributed by atoms with van der Waals surface area (Å²) in [5.74, 6) is 0.202. The summed E-state index contributed by atoms with van der Waals surface area (Å²) in [5, 5.41) is 19.3. The predicted octanol–water partition coefficient (Wildman–Crippen LogP) is 4.62. The van der Waals surface area contributed by atoms with E-state index in [0.29, 0.717) is 19.4 Å². The summed E-state index contributed by atoms with van der Waals surface area (Å²) in [7, 11) is 0. The van der Waals surface area contributed by atoms with Crippen molar-refractivity contribution in [3.05, 3.63) is 42.0 Å². The average Bonchev–Trinajstić information content (AvgIpc) is 3.38. The van der Waals surface area contributed by atoms with E-state index in [1.165, 1.54) is 12.8 Å². The topological polar surface area (TPSA) is 87.1 Å². The SMILES string of the molecule is O=C(O)CCCCCCN1C(=O)CCC1C=C[C@@H](O)c1cccc(OC2CCCC2)c1. The maximum absolute atomic E-state index is 12.3. The maximum atomic E-state index is 12.3. The van der Waals surface area contributed by atoms with Gasteiger partial charge in [-0.05, 0) is 62.6 Å². The van der Waals surface area contributed by atoms with Gasteiger partial charge in [0.2, 0.25) is 5.91 Å². The average molecular weight is 430 g/mol. The highest BCUT2D eigenvalue weighted by atomic mass is 16.5. The van der Waals surface area contributed by atoms with Crippen molar-refractivity contribution >= 4 is 11.9 Å². The molecule has 1 aromatic carbocycles. The Balaban J connectivity index is 1.48. The minimum atomic E-state index is -0.755. The zero-order valence-corrected chi connectivity index (χ0v) is 18.2. The molecular weight excluding hydrogens is 394 g/mol. The van der Waals surface area contributed by atoms with Crippen molar-refractivity contribution in [1.29, 1.82) is 0 Å². The molecule has 0 bridgehead atoms. The van der Waals surface area contributed by atoms with Crippen LogP contribution in [0.2, 0.25) is 0 Å². The van der Waals surface area contributed by atoms with E-state index in [4.69, 9.17) is 9.84 Å². The van der Waals surface area contributed by atoms with E-state index in [9.17, 15) is 14.7 Å². The van der Waals surface area contributed by atoms with Crippen LogP contribution in [-0.4, -0.2) is 45.7 Å². The largest absolute Gasteiger partial charge is 0.490 e. The molecule has 1 amide bonds. The third-order valence-corrected chi connectivity index (χ3v) is 6.23. The van der Waals surface area contributed by atoms with Crippen LogP contribution < -0.4 is 4.74 Å². The summed E-state index contributed by atoms with van der Waals surface area (Å²) < 4.78 is 6.04. The fourth-order valence-electron chi connectivity index (χ4n) is 4.47. The van der Waals surface area contributed by atoms with E-state index < -0.39 is 12.1 Å². The van der Waals surface area contributed by atoms with Gasteiger partial charge in [0.15, 0.2) is 0 Å². The van der Waals surface area contributed by atoms with Crippen LogP contribution in [0, 0.1) is 0 Å². The van der Waals surface area contributed by atoms with E-state index in [-0.39, 0.29) is 24.5 Å². The Morgan fingerprint density at radius 2 is 1.94 bits per heavy atom. The van der Waals surface area contributed by atoms with Gasteiger partial charge < -0.3 is 19.8 Å². The van der Waals surface area contributed by atoms with Crippen LogP contribution in [0.1, 0.15) is 82.3 Å². The smallest absolute Gasteiger partial charge is 0.303 e. The van der Waals surface area contributed by atoms with Crippen molar-refractivity contribution in [3.63, 3.8) is 0 Å². The number of likely N-dealkylation sites (tertiary alicyclic amines) is 1. The molecule has 2 fully saturated rings. The number of amides is 1. The Kier molecular flexibility index (Phi) is 8.95. The number of carboxylic acid groups (broad SMARTS) is 1. The molecule has 1 aliphatic carbocycles. The highest BCUT2D eigenvalue weighted by molar-refractivity contribution is 5.79. The summed E-state index contributed by atoms with van der Waals surface area (Å²) in [6, 6.07) is 7.66. The molecule has 3 rings (SSSR count). The molecule has 6 nitrogen and oxygen atoms in total. The van der Waals surface area contributed by atoms with Gasteiger partial charge in [-0.25, -0.2) is 0 Å². The molecular formula is C25H35NO5. The van der Waals surface area contributed by atoms with Gasteiger partial charge in [0.1, 0.15) is 5.75 Å². The maximum Gasteiger partial charge on any atom is 0.303 e. The van der Waals surface area contributed by atoms with Gasteiger partial charge in [0.25, 0.3) is 0 Å². The molecule has 1 aliphatic heterocycles. The normalized spacial score (nSPS) is 20.6. The van der Waals surface area contributed by atoms with Crippen molar-refractivity contribution in [2.24, 2.45) is 0 Å². The minimum absolute atomic E-state index is 0.0130. The lowest BCUT2D eigenvalue weighted by molar-refractivity contribution is -0.137. The standard InChI is InChI=1S/C25H35NO5/c27-23(19-8-7-11-22(18-19)31-21-9-4-5-10-21)15-13-20-14-16-24(28)26(20)17-6-2-1-3-12-25(29)30/h7-8,11,13,15,18,20-21,23,27H,1-6,9-10,12,14,16-17H2,(H,29,30)/t20?,23-/m1/s1. The number of carboxylic acids is 1. The second-order valence-electron chi connectivity index (χ2n) is 8.68. The molecule has 0 aromatic heterocycles. The molecule has 1 unspecified atom stereocenters. The predicted molar refractivity (Wildman–Crippen MR) is 119 cm³/mol. The first-order chi connectivity index (χ1) is 15.0. The monoisotopic (exact) mass is 429 g/mol. The molecule has 1 heterocycles. The van der Waals surface area contributed by atoms with E-state index in [1.54, 1.807) is 6.08 Å². The second kappa shape index (κ2) is 11.9. The number of aliphatic hydroxyl groups excluding tert-OH is 1. The fraction of sp³-hybridized carbons (Fsp3) is 0.600. The Labute approximate surface area is 184 Å². The van der Waals surface area contributed by atoms with Crippen LogP contribution in [0.5, 0.6) is 5.75 Å². The van der Waals surface area contributed by atoms with Gasteiger partial charge in [-0.3, -0.25) is 9.59 Å². The van der Waals surface area contributed by atoms with Crippen LogP contribution in [0.3, 0.4) is 0 Å². The van der Waals surface area contributed by atoms with Crippen molar-refractivity contribution in [3.8, 4) is 5.75 Å². The number of hydrogen-bond donors (Lipinski definition) is 2. The lowest BCUT2D eigenvalue weighted by Crippen LogP contribution is -2.32. The molecule has 2 N–H and O–H groups in total.